The van der Waals surface area contributed by atoms with Gasteiger partial charge in [-0.15, -0.1) is 0 Å². The van der Waals surface area contributed by atoms with Gasteiger partial charge < -0.3 is 15.6 Å². The monoisotopic (exact) mass is 439 g/mol. The second-order valence-electron chi connectivity index (χ2n) is 8.89. The third kappa shape index (κ3) is 5.67. The van der Waals surface area contributed by atoms with E-state index < -0.39 is 6.04 Å². The number of carbonyl (C=O) groups excluding carboxylic acids is 2. The molecule has 0 aliphatic heterocycles. The molecule has 0 bridgehead atoms. The van der Waals surface area contributed by atoms with Crippen LogP contribution < -0.4 is 10.6 Å². The highest BCUT2D eigenvalue weighted by Crippen LogP contribution is 2.24. The second kappa shape index (κ2) is 9.56. The average Bonchev–Trinajstić information content (AvgIpc) is 3.14. The zero-order valence-corrected chi connectivity index (χ0v) is 19.2. The number of amides is 2. The average molecular weight is 440 g/mol. The summed E-state index contributed by atoms with van der Waals surface area (Å²) in [5.74, 6) is -0.540. The fraction of sp³-hybridized carbons (Fsp3) is 0.360. The molecule has 164 valence electrons. The summed E-state index contributed by atoms with van der Waals surface area (Å²) in [6.45, 7) is 8.21. The number of nitrogens with one attached hydrogen (secondary N) is 3. The third-order valence-corrected chi connectivity index (χ3v) is 5.84. The number of para-hydroxylation sites is 1. The Balaban J connectivity index is 1.75. The van der Waals surface area contributed by atoms with E-state index in [1.807, 2.05) is 68.6 Å². The molecule has 31 heavy (non-hydrogen) atoms. The molecule has 1 unspecified atom stereocenters. The summed E-state index contributed by atoms with van der Waals surface area (Å²) in [5, 5.41) is 7.70. The molecule has 2 amide bonds. The minimum Gasteiger partial charge on any atom is -0.361 e. The molecule has 3 rings (SSSR count). The Morgan fingerprint density at radius 3 is 2.39 bits per heavy atom. The normalized spacial score (nSPS) is 12.7. The molecule has 3 aromatic rings. The first kappa shape index (κ1) is 22.9. The molecule has 2 aromatic carbocycles. The number of hydrogen-bond donors (Lipinski definition) is 3. The van der Waals surface area contributed by atoms with Gasteiger partial charge in [-0.25, -0.2) is 0 Å². The molecule has 0 fully saturated rings. The summed E-state index contributed by atoms with van der Waals surface area (Å²) in [5.41, 5.74) is 2.80. The van der Waals surface area contributed by atoms with Gasteiger partial charge in [-0.3, -0.25) is 9.59 Å². The van der Waals surface area contributed by atoms with Crippen LogP contribution in [0.5, 0.6) is 0 Å². The standard InChI is InChI=1S/C25H30ClN3O2/c1-16(2)23(30)29-22(13-17-14-27-21-8-6-5-7-20(17)21)24(31)28-15-25(3,4)18-9-11-19(26)12-10-18/h5-12,14,16,22,27H,13,15H2,1-4H3,(H,28,31)(H,29,30). The third-order valence-electron chi connectivity index (χ3n) is 5.59. The molecular formula is C25H30ClN3O2. The van der Waals surface area contributed by atoms with Gasteiger partial charge in [0.1, 0.15) is 6.04 Å². The fourth-order valence-electron chi connectivity index (χ4n) is 3.50. The predicted octanol–water partition coefficient (Wildman–Crippen LogP) is 4.60. The van der Waals surface area contributed by atoms with Crippen LogP contribution in [0.1, 0.15) is 38.8 Å². The van der Waals surface area contributed by atoms with E-state index in [0.29, 0.717) is 18.0 Å². The lowest BCUT2D eigenvalue weighted by Crippen LogP contribution is -2.51. The first-order valence-electron chi connectivity index (χ1n) is 10.6. The van der Waals surface area contributed by atoms with E-state index in [-0.39, 0.29) is 23.1 Å². The van der Waals surface area contributed by atoms with Crippen molar-refractivity contribution in [2.24, 2.45) is 5.92 Å². The van der Waals surface area contributed by atoms with Crippen LogP contribution >= 0.6 is 11.6 Å². The van der Waals surface area contributed by atoms with E-state index in [9.17, 15) is 9.59 Å². The molecule has 0 radical (unpaired) electrons. The Morgan fingerprint density at radius 1 is 1.03 bits per heavy atom. The van der Waals surface area contributed by atoms with E-state index in [1.165, 1.54) is 0 Å². The first-order valence-corrected chi connectivity index (χ1v) is 10.9. The summed E-state index contributed by atoms with van der Waals surface area (Å²) < 4.78 is 0. The molecule has 0 aliphatic carbocycles. The van der Waals surface area contributed by atoms with Crippen molar-refractivity contribution < 1.29 is 9.59 Å². The first-order chi connectivity index (χ1) is 14.7. The Morgan fingerprint density at radius 2 is 1.71 bits per heavy atom. The lowest BCUT2D eigenvalue weighted by molar-refractivity contribution is -0.130. The molecule has 0 spiro atoms. The number of carbonyl (C=O) groups is 2. The van der Waals surface area contributed by atoms with Gasteiger partial charge in [-0.2, -0.15) is 0 Å². The molecular weight excluding hydrogens is 410 g/mol. The lowest BCUT2D eigenvalue weighted by Gasteiger charge is -2.27. The zero-order valence-electron chi connectivity index (χ0n) is 18.5. The summed E-state index contributed by atoms with van der Waals surface area (Å²) in [6.07, 6.45) is 2.32. The van der Waals surface area contributed by atoms with Crippen molar-refractivity contribution in [3.05, 3.63) is 70.9 Å². The van der Waals surface area contributed by atoms with Crippen molar-refractivity contribution in [1.29, 1.82) is 0 Å². The van der Waals surface area contributed by atoms with Gasteiger partial charge >= 0.3 is 0 Å². The number of halogens is 1. The van der Waals surface area contributed by atoms with Gasteiger partial charge in [0.25, 0.3) is 0 Å². The predicted molar refractivity (Wildman–Crippen MR) is 126 cm³/mol. The van der Waals surface area contributed by atoms with Crippen molar-refractivity contribution in [3.63, 3.8) is 0 Å². The van der Waals surface area contributed by atoms with Crippen LogP contribution in [0.15, 0.2) is 54.7 Å². The van der Waals surface area contributed by atoms with Crippen LogP contribution in [0.3, 0.4) is 0 Å². The Hall–Kier alpha value is -2.79. The van der Waals surface area contributed by atoms with Crippen LogP contribution in [0.2, 0.25) is 5.02 Å². The molecule has 0 aliphatic rings. The quantitative estimate of drug-likeness (QED) is 0.480. The molecule has 1 heterocycles. The van der Waals surface area contributed by atoms with Crippen LogP contribution in [0.4, 0.5) is 0 Å². The summed E-state index contributed by atoms with van der Waals surface area (Å²) in [4.78, 5) is 28.8. The van der Waals surface area contributed by atoms with Gasteiger partial charge in [-0.1, -0.05) is 69.6 Å². The van der Waals surface area contributed by atoms with Gasteiger partial charge in [0.2, 0.25) is 11.8 Å². The van der Waals surface area contributed by atoms with Crippen molar-refractivity contribution >= 4 is 34.3 Å². The second-order valence-corrected chi connectivity index (χ2v) is 9.32. The van der Waals surface area contributed by atoms with E-state index in [1.54, 1.807) is 0 Å². The summed E-state index contributed by atoms with van der Waals surface area (Å²) >= 11 is 6.00. The fourth-order valence-corrected chi connectivity index (χ4v) is 3.63. The maximum absolute atomic E-state index is 13.1. The molecule has 1 atom stereocenters. The number of aromatic amines is 1. The Labute approximate surface area is 188 Å². The minimum absolute atomic E-state index is 0.142. The van der Waals surface area contributed by atoms with Gasteiger partial charge in [0.15, 0.2) is 0 Å². The van der Waals surface area contributed by atoms with Crippen molar-refractivity contribution in [1.82, 2.24) is 15.6 Å². The smallest absolute Gasteiger partial charge is 0.242 e. The zero-order chi connectivity index (χ0) is 22.6. The minimum atomic E-state index is -0.657. The number of rotatable bonds is 8. The van der Waals surface area contributed by atoms with Crippen LogP contribution in [0.25, 0.3) is 10.9 Å². The van der Waals surface area contributed by atoms with Crippen molar-refractivity contribution in [2.45, 2.75) is 45.6 Å². The van der Waals surface area contributed by atoms with Crippen LogP contribution in [0, 0.1) is 5.92 Å². The Bertz CT molecular complexity index is 1050. The van der Waals surface area contributed by atoms with Gasteiger partial charge in [0, 0.05) is 46.4 Å². The van der Waals surface area contributed by atoms with Crippen molar-refractivity contribution in [2.75, 3.05) is 6.54 Å². The number of fused-ring (bicyclic) bond motifs is 1. The number of hydrogen-bond acceptors (Lipinski definition) is 2. The van der Waals surface area contributed by atoms with E-state index in [2.05, 4.69) is 29.5 Å². The van der Waals surface area contributed by atoms with Crippen LogP contribution in [-0.2, 0) is 21.4 Å². The number of benzene rings is 2. The molecule has 6 heteroatoms. The largest absolute Gasteiger partial charge is 0.361 e. The molecule has 1 aromatic heterocycles. The van der Waals surface area contributed by atoms with Crippen molar-refractivity contribution in [3.8, 4) is 0 Å². The Kier molecular flexibility index (Phi) is 7.06. The highest BCUT2D eigenvalue weighted by atomic mass is 35.5. The highest BCUT2D eigenvalue weighted by molar-refractivity contribution is 6.30. The molecule has 0 saturated carbocycles. The summed E-state index contributed by atoms with van der Waals surface area (Å²) in [7, 11) is 0. The molecule has 5 nitrogen and oxygen atoms in total. The summed E-state index contributed by atoms with van der Waals surface area (Å²) in [6, 6.07) is 14.9. The SMILES string of the molecule is CC(C)C(=O)NC(Cc1c[nH]c2ccccc12)C(=O)NCC(C)(C)c1ccc(Cl)cc1. The van der Waals surface area contributed by atoms with Gasteiger partial charge in [-0.05, 0) is 29.3 Å². The molecule has 0 saturated heterocycles. The van der Waals surface area contributed by atoms with E-state index in [4.69, 9.17) is 11.6 Å². The lowest BCUT2D eigenvalue weighted by atomic mass is 9.84. The number of H-pyrrole nitrogens is 1. The van der Waals surface area contributed by atoms with E-state index in [0.717, 1.165) is 22.0 Å². The maximum atomic E-state index is 13.1. The topological polar surface area (TPSA) is 74.0 Å². The van der Waals surface area contributed by atoms with Crippen LogP contribution in [-0.4, -0.2) is 29.4 Å². The molecule has 3 N–H and O–H groups in total. The van der Waals surface area contributed by atoms with E-state index >= 15 is 0 Å². The number of aromatic nitrogens is 1. The van der Waals surface area contributed by atoms with Gasteiger partial charge in [0.05, 0.1) is 0 Å². The maximum Gasteiger partial charge on any atom is 0.242 e. The highest BCUT2D eigenvalue weighted by Gasteiger charge is 2.27.